The minimum absolute atomic E-state index is 0.241. The van der Waals surface area contributed by atoms with Crippen molar-refractivity contribution in [3.63, 3.8) is 0 Å². The molecule has 3 heterocycles. The van der Waals surface area contributed by atoms with Crippen LogP contribution in [-0.4, -0.2) is 193 Å². The van der Waals surface area contributed by atoms with Crippen molar-refractivity contribution in [1.29, 1.82) is 0 Å². The minimum atomic E-state index is -1.98. The lowest BCUT2D eigenvalue weighted by Gasteiger charge is -2.48. The highest BCUT2D eigenvalue weighted by molar-refractivity contribution is 5.76. The Balaban J connectivity index is 1.35. The highest BCUT2D eigenvalue weighted by atomic mass is 16.8. The molecule has 12 N–H and O–H groups in total. The van der Waals surface area contributed by atoms with E-state index in [9.17, 15) is 61.0 Å². The van der Waals surface area contributed by atoms with Gasteiger partial charge in [-0.1, -0.05) is 232 Å². The number of aliphatic hydroxyl groups is 11. The van der Waals surface area contributed by atoms with E-state index in [1.807, 2.05) is 0 Å². The minimum Gasteiger partial charge on any atom is -0.394 e. The van der Waals surface area contributed by atoms with E-state index in [1.54, 1.807) is 0 Å². The zero-order valence-corrected chi connectivity index (χ0v) is 56.2. The first-order valence-corrected chi connectivity index (χ1v) is 35.3. The van der Waals surface area contributed by atoms with Crippen LogP contribution in [0.4, 0.5) is 0 Å². The Hall–Kier alpha value is -3.81. The molecule has 0 aromatic rings. The molecule has 0 aliphatic carbocycles. The lowest BCUT2D eigenvalue weighted by atomic mass is 9.96. The van der Waals surface area contributed by atoms with Crippen molar-refractivity contribution >= 4 is 5.91 Å². The van der Waals surface area contributed by atoms with Gasteiger partial charge in [0, 0.05) is 6.42 Å². The van der Waals surface area contributed by atoms with Crippen LogP contribution < -0.4 is 5.32 Å². The number of carbonyl (C=O) groups excluding carboxylic acids is 1. The summed E-state index contributed by atoms with van der Waals surface area (Å²) in [5, 5.41) is 120. The van der Waals surface area contributed by atoms with Crippen molar-refractivity contribution in [1.82, 2.24) is 5.32 Å². The number of aliphatic hydroxyl groups excluding tert-OH is 11. The summed E-state index contributed by atoms with van der Waals surface area (Å²) in [5.74, 6) is -0.264. The molecule has 532 valence electrons. The topological polar surface area (TPSA) is 307 Å². The first-order chi connectivity index (χ1) is 45.3. The Morgan fingerprint density at radius 3 is 1.16 bits per heavy atom. The molecule has 19 nitrogen and oxygen atoms in total. The summed E-state index contributed by atoms with van der Waals surface area (Å²) in [6.07, 6.45) is 47.2. The summed E-state index contributed by atoms with van der Waals surface area (Å²) >= 11 is 0. The van der Waals surface area contributed by atoms with Crippen LogP contribution in [0.3, 0.4) is 0 Å². The van der Waals surface area contributed by atoms with E-state index in [4.69, 9.17) is 28.4 Å². The number of carbonyl (C=O) groups is 1. The zero-order valence-electron chi connectivity index (χ0n) is 56.2. The molecule has 3 rings (SSSR count). The smallest absolute Gasteiger partial charge is 0.220 e. The Morgan fingerprint density at radius 1 is 0.398 bits per heavy atom. The average molecular weight is 1310 g/mol. The SMILES string of the molecule is CC/C=C\C/C=C\C/C=C\C/C=C\C/C=C\C/C=C\C/C=C\C/C=C\C/C=C\C/C=C\CCCCCCCCC(=O)NC(COC1OC(CO)C(OC2OC(CO)C(OC3OC(CO)C(O)C(O)C3O)C(O)C2O)C(O)C1O)C(O)CCCCCCCCCCCCC. The fraction of sp³-hybridized carbons (Fsp3) is 0.716. The second-order valence-corrected chi connectivity index (χ2v) is 24.6. The fourth-order valence-electron chi connectivity index (χ4n) is 11.1. The largest absolute Gasteiger partial charge is 0.394 e. The van der Waals surface area contributed by atoms with E-state index in [0.29, 0.717) is 12.8 Å². The maximum atomic E-state index is 13.4. The number of nitrogens with one attached hydrogen (secondary N) is 1. The number of hydrogen-bond acceptors (Lipinski definition) is 18. The van der Waals surface area contributed by atoms with Gasteiger partial charge in [0.25, 0.3) is 0 Å². The third kappa shape index (κ3) is 35.8. The number of ether oxygens (including phenoxy) is 6. The third-order valence-corrected chi connectivity index (χ3v) is 16.8. The van der Waals surface area contributed by atoms with Crippen LogP contribution in [-0.2, 0) is 33.2 Å². The standard InChI is InChI=1S/C74H123NO18/c1-3-5-7-9-11-13-15-16-17-18-19-20-21-22-23-24-25-26-27-28-29-30-31-32-33-34-35-36-37-38-39-40-42-44-46-48-50-52-62(80)75-57(58(79)51-49-47-45-43-41-14-12-10-8-6-4-2)56-88-72-68(86)65(83)70(60(54-77)90-72)93-74-69(87)66(84)71(61(55-78)91-74)92-73-67(85)64(82)63(81)59(53-76)89-73/h5,7,11,13,16-17,19-20,22-23,25-26,28-29,31-32,34-35,37-38,57-61,63-74,76-79,81-87H,3-4,6,8-10,12,14-15,18,21,24,27,30,33,36,39-56H2,1-2H3,(H,75,80)/b7-5-,13-11-,17-16-,20-19-,23-22-,26-25-,29-28-,32-31-,35-34-,38-37-. The summed E-state index contributed by atoms with van der Waals surface area (Å²) in [7, 11) is 0. The van der Waals surface area contributed by atoms with E-state index in [1.165, 1.54) is 44.9 Å². The molecule has 19 heteroatoms. The highest BCUT2D eigenvalue weighted by Gasteiger charge is 2.53. The molecule has 0 aromatic heterocycles. The summed E-state index contributed by atoms with van der Waals surface area (Å²) < 4.78 is 34.3. The van der Waals surface area contributed by atoms with Gasteiger partial charge < -0.3 is 89.9 Å². The second-order valence-electron chi connectivity index (χ2n) is 24.6. The fourth-order valence-corrected chi connectivity index (χ4v) is 11.1. The van der Waals surface area contributed by atoms with Gasteiger partial charge in [0.1, 0.15) is 73.2 Å². The van der Waals surface area contributed by atoms with E-state index in [-0.39, 0.29) is 18.9 Å². The third-order valence-electron chi connectivity index (χ3n) is 16.8. The predicted octanol–water partition coefficient (Wildman–Crippen LogP) is 9.60. The van der Waals surface area contributed by atoms with Crippen LogP contribution in [0.5, 0.6) is 0 Å². The Kier molecular flexibility index (Phi) is 48.6. The van der Waals surface area contributed by atoms with Crippen molar-refractivity contribution in [3.05, 3.63) is 122 Å². The van der Waals surface area contributed by atoms with Gasteiger partial charge >= 0.3 is 0 Å². The van der Waals surface area contributed by atoms with Gasteiger partial charge in [0.05, 0.1) is 38.6 Å². The van der Waals surface area contributed by atoms with Crippen LogP contribution in [0.15, 0.2) is 122 Å². The van der Waals surface area contributed by atoms with Gasteiger partial charge in [0.15, 0.2) is 18.9 Å². The first kappa shape index (κ1) is 83.4. The highest BCUT2D eigenvalue weighted by Crippen LogP contribution is 2.33. The predicted molar refractivity (Wildman–Crippen MR) is 364 cm³/mol. The number of hydrogen-bond donors (Lipinski definition) is 12. The molecular weight excluding hydrogens is 1190 g/mol. The summed E-state index contributed by atoms with van der Waals surface area (Å²) in [5.41, 5.74) is 0. The van der Waals surface area contributed by atoms with Crippen LogP contribution in [0.1, 0.15) is 206 Å². The molecular formula is C74H123NO18. The molecule has 0 spiro atoms. The van der Waals surface area contributed by atoms with Gasteiger partial charge in [-0.25, -0.2) is 0 Å². The Morgan fingerprint density at radius 2 is 0.742 bits per heavy atom. The Bertz CT molecular complexity index is 2160. The van der Waals surface area contributed by atoms with Crippen LogP contribution in [0, 0.1) is 0 Å². The molecule has 0 bridgehead atoms. The monoisotopic (exact) mass is 1310 g/mol. The first-order valence-electron chi connectivity index (χ1n) is 35.3. The molecule has 17 unspecified atom stereocenters. The zero-order chi connectivity index (χ0) is 67.5. The van der Waals surface area contributed by atoms with Gasteiger partial charge in [-0.3, -0.25) is 4.79 Å². The van der Waals surface area contributed by atoms with Crippen molar-refractivity contribution in [2.45, 2.75) is 311 Å². The molecule has 0 saturated carbocycles. The van der Waals surface area contributed by atoms with Crippen LogP contribution in [0.25, 0.3) is 0 Å². The van der Waals surface area contributed by atoms with E-state index in [2.05, 4.69) is 141 Å². The molecule has 3 fully saturated rings. The summed E-state index contributed by atoms with van der Waals surface area (Å²) in [6.45, 7) is 1.63. The number of rotatable bonds is 52. The molecule has 3 aliphatic rings. The molecule has 0 radical (unpaired) electrons. The van der Waals surface area contributed by atoms with E-state index >= 15 is 0 Å². The average Bonchev–Trinajstić information content (AvgIpc) is 0.805. The molecule has 3 aliphatic heterocycles. The molecule has 3 saturated heterocycles. The van der Waals surface area contributed by atoms with Crippen molar-refractivity contribution in [2.24, 2.45) is 0 Å². The van der Waals surface area contributed by atoms with E-state index in [0.717, 1.165) is 128 Å². The lowest BCUT2D eigenvalue weighted by Crippen LogP contribution is -2.66. The lowest BCUT2D eigenvalue weighted by molar-refractivity contribution is -0.379. The molecule has 0 aromatic carbocycles. The van der Waals surface area contributed by atoms with Crippen LogP contribution >= 0.6 is 0 Å². The van der Waals surface area contributed by atoms with Gasteiger partial charge in [-0.05, 0) is 89.9 Å². The van der Waals surface area contributed by atoms with Gasteiger partial charge in [-0.15, -0.1) is 0 Å². The van der Waals surface area contributed by atoms with Crippen molar-refractivity contribution in [2.75, 3.05) is 26.4 Å². The van der Waals surface area contributed by atoms with Gasteiger partial charge in [0.2, 0.25) is 5.91 Å². The number of unbranched alkanes of at least 4 members (excludes halogenated alkanes) is 16. The van der Waals surface area contributed by atoms with Crippen LogP contribution in [0.2, 0.25) is 0 Å². The Labute approximate surface area is 557 Å². The maximum Gasteiger partial charge on any atom is 0.220 e. The second kappa shape index (κ2) is 54.2. The quantitative estimate of drug-likeness (QED) is 0.0199. The number of allylic oxidation sites excluding steroid dienone is 20. The van der Waals surface area contributed by atoms with Crippen molar-refractivity contribution < 1.29 is 89.4 Å². The summed E-state index contributed by atoms with van der Waals surface area (Å²) in [4.78, 5) is 13.4. The number of amides is 1. The molecule has 93 heavy (non-hydrogen) atoms. The van der Waals surface area contributed by atoms with Gasteiger partial charge in [-0.2, -0.15) is 0 Å². The normalized spacial score (nSPS) is 28.3. The molecule has 1 amide bonds. The van der Waals surface area contributed by atoms with Crippen molar-refractivity contribution in [3.8, 4) is 0 Å². The maximum absolute atomic E-state index is 13.4. The molecule has 17 atom stereocenters. The summed E-state index contributed by atoms with van der Waals surface area (Å²) in [6, 6.07) is -0.903. The van der Waals surface area contributed by atoms with E-state index < -0.39 is 124 Å².